The number of benzene rings is 1. The maximum absolute atomic E-state index is 4.70. The molecule has 0 aromatic heterocycles. The molecule has 1 fully saturated rings. The van der Waals surface area contributed by atoms with Gasteiger partial charge < -0.3 is 5.32 Å². The summed E-state index contributed by atoms with van der Waals surface area (Å²) in [5.74, 6) is 0.589. The highest BCUT2D eigenvalue weighted by molar-refractivity contribution is 8.15. The van der Waals surface area contributed by atoms with Gasteiger partial charge in [-0.3, -0.25) is 4.99 Å². The van der Waals surface area contributed by atoms with Crippen molar-refractivity contribution < 1.29 is 0 Å². The molecule has 1 aromatic rings. The number of hydrogen-bond acceptors (Lipinski definition) is 3. The molecule has 1 N–H and O–H groups in total. The van der Waals surface area contributed by atoms with Crippen molar-refractivity contribution >= 4 is 22.6 Å². The molecule has 0 atom stereocenters. The van der Waals surface area contributed by atoms with Crippen molar-refractivity contribution in [2.24, 2.45) is 4.99 Å². The number of thioether (sulfide) groups is 1. The van der Waals surface area contributed by atoms with Crippen LogP contribution in [0.15, 0.2) is 29.3 Å². The van der Waals surface area contributed by atoms with Gasteiger partial charge in [0.25, 0.3) is 0 Å². The first-order valence-corrected chi connectivity index (χ1v) is 9.09. The molecule has 0 unspecified atom stereocenters. The van der Waals surface area contributed by atoms with Crippen molar-refractivity contribution in [3.63, 3.8) is 0 Å². The predicted octanol–water partition coefficient (Wildman–Crippen LogP) is 5.42. The van der Waals surface area contributed by atoms with Crippen LogP contribution < -0.4 is 5.32 Å². The summed E-state index contributed by atoms with van der Waals surface area (Å²) >= 11 is 2.00. The van der Waals surface area contributed by atoms with E-state index in [9.17, 15) is 0 Å². The molecular weight excluding hydrogens is 276 g/mol. The Bertz CT molecular complexity index is 498. The van der Waals surface area contributed by atoms with E-state index in [-0.39, 0.29) is 0 Å². The summed E-state index contributed by atoms with van der Waals surface area (Å²) in [6, 6.07) is 8.80. The van der Waals surface area contributed by atoms with Crippen molar-refractivity contribution in [1.29, 1.82) is 0 Å². The molecule has 0 saturated heterocycles. The Balaban J connectivity index is 1.65. The average molecular weight is 302 g/mol. The van der Waals surface area contributed by atoms with Gasteiger partial charge in [0.15, 0.2) is 5.17 Å². The van der Waals surface area contributed by atoms with Crippen LogP contribution in [-0.2, 0) is 0 Å². The lowest BCUT2D eigenvalue weighted by atomic mass is 9.86. The van der Waals surface area contributed by atoms with E-state index in [4.69, 9.17) is 4.99 Å². The first-order chi connectivity index (χ1) is 10.2. The molecule has 0 radical (unpaired) electrons. The lowest BCUT2D eigenvalue weighted by molar-refractivity contribution is 0.381. The number of amidine groups is 1. The fourth-order valence-electron chi connectivity index (χ4n) is 3.34. The molecule has 0 bridgehead atoms. The highest BCUT2D eigenvalue weighted by Crippen LogP contribution is 2.45. The smallest absolute Gasteiger partial charge is 0.161 e. The maximum atomic E-state index is 4.70. The molecule has 1 aliphatic heterocycles. The number of nitrogens with one attached hydrogen (secondary N) is 1. The summed E-state index contributed by atoms with van der Waals surface area (Å²) in [5, 5.41) is 4.66. The lowest BCUT2D eigenvalue weighted by Crippen LogP contribution is -2.35. The van der Waals surface area contributed by atoms with Crippen molar-refractivity contribution in [2.75, 3.05) is 11.9 Å². The van der Waals surface area contributed by atoms with Gasteiger partial charge in [-0.2, -0.15) is 0 Å². The third-order valence-electron chi connectivity index (χ3n) is 4.73. The zero-order valence-electron chi connectivity index (χ0n) is 13.2. The van der Waals surface area contributed by atoms with Gasteiger partial charge in [-0.1, -0.05) is 57.0 Å². The van der Waals surface area contributed by atoms with Gasteiger partial charge in [0.1, 0.15) is 0 Å². The molecule has 3 heteroatoms. The Morgan fingerprint density at radius 3 is 2.43 bits per heavy atom. The van der Waals surface area contributed by atoms with Gasteiger partial charge in [0, 0.05) is 17.0 Å². The number of nitrogens with zero attached hydrogens (tertiary/aromatic N) is 1. The summed E-state index contributed by atoms with van der Waals surface area (Å²) in [6.45, 7) is 5.45. The highest BCUT2D eigenvalue weighted by atomic mass is 32.2. The van der Waals surface area contributed by atoms with E-state index in [1.165, 1.54) is 49.8 Å². The first kappa shape index (κ1) is 15.0. The van der Waals surface area contributed by atoms with E-state index >= 15 is 0 Å². The molecule has 2 nitrogen and oxygen atoms in total. The van der Waals surface area contributed by atoms with Gasteiger partial charge in [-0.25, -0.2) is 0 Å². The van der Waals surface area contributed by atoms with E-state index in [0.29, 0.717) is 10.7 Å². The Morgan fingerprint density at radius 2 is 1.76 bits per heavy atom. The van der Waals surface area contributed by atoms with E-state index < -0.39 is 0 Å². The molecule has 114 valence electrons. The number of rotatable bonds is 2. The van der Waals surface area contributed by atoms with Crippen LogP contribution in [0, 0.1) is 0 Å². The summed E-state index contributed by atoms with van der Waals surface area (Å²) in [5.41, 5.74) is 2.56. The van der Waals surface area contributed by atoms with Crippen LogP contribution in [0.3, 0.4) is 0 Å². The Hall–Kier alpha value is -0.960. The van der Waals surface area contributed by atoms with Crippen LogP contribution in [0.5, 0.6) is 0 Å². The third-order valence-corrected chi connectivity index (χ3v) is 6.20. The van der Waals surface area contributed by atoms with Gasteiger partial charge in [-0.15, -0.1) is 0 Å². The fourth-order valence-corrected chi connectivity index (χ4v) is 4.76. The molecule has 3 rings (SSSR count). The van der Waals surface area contributed by atoms with E-state index in [2.05, 4.69) is 43.4 Å². The van der Waals surface area contributed by atoms with E-state index in [1.807, 2.05) is 11.8 Å². The predicted molar refractivity (Wildman–Crippen MR) is 94.5 cm³/mol. The Morgan fingerprint density at radius 1 is 1.05 bits per heavy atom. The van der Waals surface area contributed by atoms with Crippen molar-refractivity contribution in [3.05, 3.63) is 29.8 Å². The molecule has 21 heavy (non-hydrogen) atoms. The monoisotopic (exact) mass is 302 g/mol. The van der Waals surface area contributed by atoms with Crippen LogP contribution in [-0.4, -0.2) is 16.5 Å². The number of aliphatic imine (C=N–C) groups is 1. The summed E-state index contributed by atoms with van der Waals surface area (Å²) in [6.07, 6.45) is 8.19. The Kier molecular flexibility index (Phi) is 4.58. The zero-order valence-corrected chi connectivity index (χ0v) is 14.0. The molecule has 0 amide bonds. The summed E-state index contributed by atoms with van der Waals surface area (Å²) in [7, 11) is 0. The maximum Gasteiger partial charge on any atom is 0.161 e. The zero-order chi connectivity index (χ0) is 14.7. The SMILES string of the molecule is CC(C)c1ccc(NC2=NCCC3(CCCCC3)S2)cc1. The molecule has 2 aliphatic rings. The van der Waals surface area contributed by atoms with Crippen LogP contribution in [0.25, 0.3) is 0 Å². The number of hydrogen-bond donors (Lipinski definition) is 1. The van der Waals surface area contributed by atoms with Gasteiger partial charge in [0.05, 0.1) is 0 Å². The quantitative estimate of drug-likeness (QED) is 0.789. The summed E-state index contributed by atoms with van der Waals surface area (Å²) in [4.78, 5) is 4.70. The third kappa shape index (κ3) is 3.63. The molecule has 1 heterocycles. The highest BCUT2D eigenvalue weighted by Gasteiger charge is 2.36. The average Bonchev–Trinajstić information content (AvgIpc) is 2.49. The second-order valence-corrected chi connectivity index (χ2v) is 8.14. The fraction of sp³-hybridized carbons (Fsp3) is 0.611. The van der Waals surface area contributed by atoms with Crippen LogP contribution in [0.4, 0.5) is 5.69 Å². The van der Waals surface area contributed by atoms with Gasteiger partial charge >= 0.3 is 0 Å². The second kappa shape index (κ2) is 6.43. The molecular formula is C18H26N2S. The van der Waals surface area contributed by atoms with Crippen LogP contribution in [0.1, 0.15) is 63.9 Å². The van der Waals surface area contributed by atoms with Crippen molar-refractivity contribution in [2.45, 2.75) is 63.0 Å². The first-order valence-electron chi connectivity index (χ1n) is 8.27. The van der Waals surface area contributed by atoms with Crippen molar-refractivity contribution in [1.82, 2.24) is 0 Å². The minimum Gasteiger partial charge on any atom is -0.335 e. The normalized spacial score (nSPS) is 21.4. The Labute approximate surface area is 132 Å². The van der Waals surface area contributed by atoms with Gasteiger partial charge in [-0.05, 0) is 42.9 Å². The molecule has 1 saturated carbocycles. The van der Waals surface area contributed by atoms with E-state index in [0.717, 1.165) is 11.7 Å². The minimum atomic E-state index is 0.472. The molecule has 1 spiro atoms. The topological polar surface area (TPSA) is 24.4 Å². The summed E-state index contributed by atoms with van der Waals surface area (Å²) < 4.78 is 0.472. The van der Waals surface area contributed by atoms with Crippen LogP contribution in [0.2, 0.25) is 0 Å². The van der Waals surface area contributed by atoms with Crippen molar-refractivity contribution in [3.8, 4) is 0 Å². The largest absolute Gasteiger partial charge is 0.335 e. The molecule has 1 aromatic carbocycles. The standard InChI is InChI=1S/C18H26N2S/c1-14(2)15-6-8-16(9-7-15)20-17-19-13-12-18(21-17)10-4-3-5-11-18/h6-9,14H,3-5,10-13H2,1-2H3,(H,19,20). The van der Waals surface area contributed by atoms with Gasteiger partial charge in [0.2, 0.25) is 0 Å². The second-order valence-electron chi connectivity index (χ2n) is 6.68. The van der Waals surface area contributed by atoms with E-state index in [1.54, 1.807) is 0 Å². The number of anilines is 1. The van der Waals surface area contributed by atoms with Crippen LogP contribution >= 0.6 is 11.8 Å². The molecule has 1 aliphatic carbocycles. The minimum absolute atomic E-state index is 0.472. The lowest BCUT2D eigenvalue weighted by Gasteiger charge is -2.39.